The molecule has 0 atom stereocenters. The summed E-state index contributed by atoms with van der Waals surface area (Å²) in [5.41, 5.74) is 8.32. The lowest BCUT2D eigenvalue weighted by Gasteiger charge is -2.23. The van der Waals surface area contributed by atoms with Crippen LogP contribution in [0.15, 0.2) is 23.4 Å². The summed E-state index contributed by atoms with van der Waals surface area (Å²) in [5.74, 6) is 0. The molecule has 0 spiro atoms. The van der Waals surface area contributed by atoms with E-state index in [2.05, 4.69) is 21.2 Å². The van der Waals surface area contributed by atoms with Crippen LogP contribution in [-0.2, 0) is 5.33 Å². The maximum Gasteiger partial charge on any atom is 0.345 e. The molecule has 5 nitrogen and oxygen atoms in total. The molecule has 1 N–H and O–H groups in total. The lowest BCUT2D eigenvalue weighted by atomic mass is 10.2. The first-order chi connectivity index (χ1) is 8.02. The minimum atomic E-state index is -0.399. The van der Waals surface area contributed by atoms with Crippen molar-refractivity contribution < 1.29 is 4.79 Å². The van der Waals surface area contributed by atoms with Gasteiger partial charge in [0.15, 0.2) is 0 Å². The van der Waals surface area contributed by atoms with Crippen LogP contribution in [0.4, 0.5) is 10.5 Å². The molecule has 0 bridgehead atoms. The second-order valence-corrected chi connectivity index (χ2v) is 4.30. The van der Waals surface area contributed by atoms with E-state index in [1.54, 1.807) is 25.2 Å². The quantitative estimate of drug-likeness (QED) is 0.516. The molecule has 1 rings (SSSR count). The Morgan fingerprint density at radius 3 is 2.71 bits per heavy atom. The first-order valence-electron chi connectivity index (χ1n) is 4.75. The van der Waals surface area contributed by atoms with Gasteiger partial charge in [0.25, 0.3) is 0 Å². The number of hydrogen-bond acceptors (Lipinski definition) is 3. The molecule has 0 fully saturated rings. The summed E-state index contributed by atoms with van der Waals surface area (Å²) in [5, 5.41) is 5.13. The topological polar surface area (TPSA) is 59.8 Å². The molecule has 0 aromatic heterocycles. The summed E-state index contributed by atoms with van der Waals surface area (Å²) in [6.07, 6.45) is 0. The fourth-order valence-corrected chi connectivity index (χ4v) is 2.34. The Kier molecular flexibility index (Phi) is 4.89. The Bertz CT molecular complexity index is 440. The smallest absolute Gasteiger partial charge is 0.296 e. The van der Waals surface area contributed by atoms with E-state index in [0.717, 1.165) is 10.6 Å². The molecule has 0 aliphatic heterocycles. The number of benzene rings is 1. The third kappa shape index (κ3) is 2.95. The average Bonchev–Trinajstić information content (AvgIpc) is 2.35. The van der Waals surface area contributed by atoms with E-state index < -0.39 is 6.03 Å². The van der Waals surface area contributed by atoms with Crippen molar-refractivity contribution in [2.24, 2.45) is 5.22 Å². The predicted octanol–water partition coefficient (Wildman–Crippen LogP) is 3.67. The van der Waals surface area contributed by atoms with Gasteiger partial charge in [-0.1, -0.05) is 38.8 Å². The van der Waals surface area contributed by atoms with E-state index in [-0.39, 0.29) is 0 Å². The van der Waals surface area contributed by atoms with Gasteiger partial charge in [-0.05, 0) is 12.1 Å². The zero-order chi connectivity index (χ0) is 13.0. The monoisotopic (exact) mass is 318 g/mol. The first-order valence-corrected chi connectivity index (χ1v) is 6.25. The maximum absolute atomic E-state index is 11.8. The molecule has 0 saturated heterocycles. The van der Waals surface area contributed by atoms with Gasteiger partial charge in [-0.25, -0.2) is 4.79 Å². The Morgan fingerprint density at radius 2 is 2.18 bits per heavy atom. The van der Waals surface area contributed by atoms with Crippen molar-refractivity contribution in [3.8, 4) is 0 Å². The maximum atomic E-state index is 11.8. The van der Waals surface area contributed by atoms with Gasteiger partial charge in [-0.15, -0.1) is 0 Å². The second-order valence-electron chi connectivity index (χ2n) is 3.34. The van der Waals surface area contributed by atoms with Gasteiger partial charge in [0.2, 0.25) is 0 Å². The van der Waals surface area contributed by atoms with E-state index >= 15 is 0 Å². The van der Waals surface area contributed by atoms with Crippen LogP contribution < -0.4 is 4.90 Å². The van der Waals surface area contributed by atoms with Crippen molar-refractivity contribution in [2.75, 3.05) is 19.0 Å². The molecule has 0 radical (unpaired) electrons. The standard InChI is InChI=1S/C10H12BrClN4O/c1-15(10(17)16(2)14-13)9-5-3-4-8(12)7(9)6-11/h3-5,13H,6H2,1-2H3. The molecule has 0 unspecified atom stereocenters. The van der Waals surface area contributed by atoms with Gasteiger partial charge in [-0.3, -0.25) is 4.90 Å². The van der Waals surface area contributed by atoms with Crippen molar-refractivity contribution in [2.45, 2.75) is 5.33 Å². The molecule has 7 heteroatoms. The fourth-order valence-electron chi connectivity index (χ4n) is 1.36. The van der Waals surface area contributed by atoms with Crippen LogP contribution in [0.3, 0.4) is 0 Å². The van der Waals surface area contributed by atoms with Crippen LogP contribution in [-0.4, -0.2) is 25.1 Å². The van der Waals surface area contributed by atoms with Crippen LogP contribution in [0.2, 0.25) is 5.02 Å². The zero-order valence-corrected chi connectivity index (χ0v) is 11.8. The van der Waals surface area contributed by atoms with Crippen LogP contribution in [0, 0.1) is 5.53 Å². The molecule has 0 heterocycles. The normalized spacial score (nSPS) is 9.88. The average molecular weight is 320 g/mol. The fraction of sp³-hybridized carbons (Fsp3) is 0.300. The summed E-state index contributed by atoms with van der Waals surface area (Å²) in [6, 6.07) is 4.92. The van der Waals surface area contributed by atoms with Gasteiger partial charge in [0.05, 0.1) is 5.69 Å². The van der Waals surface area contributed by atoms with Crippen LogP contribution >= 0.6 is 27.5 Å². The van der Waals surface area contributed by atoms with Crippen LogP contribution in [0.1, 0.15) is 5.56 Å². The van der Waals surface area contributed by atoms with Crippen molar-refractivity contribution in [1.82, 2.24) is 5.01 Å². The molecule has 0 aliphatic rings. The van der Waals surface area contributed by atoms with Gasteiger partial charge >= 0.3 is 6.03 Å². The summed E-state index contributed by atoms with van der Waals surface area (Å²) in [6.45, 7) is 0. The summed E-state index contributed by atoms with van der Waals surface area (Å²) in [7, 11) is 3.03. The number of halogens is 2. The van der Waals surface area contributed by atoms with Gasteiger partial charge in [0.1, 0.15) is 0 Å². The SMILES string of the molecule is CN(N=N)C(=O)N(C)c1cccc(Cl)c1CBr. The lowest BCUT2D eigenvalue weighted by Crippen LogP contribution is -2.36. The highest BCUT2D eigenvalue weighted by atomic mass is 79.9. The minimum Gasteiger partial charge on any atom is -0.296 e. The van der Waals surface area contributed by atoms with Crippen molar-refractivity contribution >= 4 is 39.2 Å². The number of nitrogens with zero attached hydrogens (tertiary/aromatic N) is 3. The Labute approximate surface area is 113 Å². The molecule has 17 heavy (non-hydrogen) atoms. The van der Waals surface area contributed by atoms with Crippen LogP contribution in [0.5, 0.6) is 0 Å². The zero-order valence-electron chi connectivity index (χ0n) is 9.44. The van der Waals surface area contributed by atoms with Crippen molar-refractivity contribution in [3.63, 3.8) is 0 Å². The Hall–Kier alpha value is -1.14. The summed E-state index contributed by atoms with van der Waals surface area (Å²) in [4.78, 5) is 13.2. The molecule has 2 amide bonds. The third-order valence-corrected chi connectivity index (χ3v) is 3.22. The summed E-state index contributed by atoms with van der Waals surface area (Å²) < 4.78 is 0. The molecular weight excluding hydrogens is 307 g/mol. The number of alkyl halides is 1. The minimum absolute atomic E-state index is 0.399. The van der Waals surface area contributed by atoms with Crippen LogP contribution in [0.25, 0.3) is 0 Å². The van der Waals surface area contributed by atoms with Gasteiger partial charge in [0, 0.05) is 30.0 Å². The number of hydrogen-bond donors (Lipinski definition) is 1. The predicted molar refractivity (Wildman–Crippen MR) is 70.8 cm³/mol. The molecule has 0 saturated carbocycles. The van der Waals surface area contributed by atoms with E-state index in [4.69, 9.17) is 17.1 Å². The molecule has 92 valence electrons. The number of nitrogens with one attached hydrogen (secondary N) is 1. The van der Waals surface area contributed by atoms with Gasteiger partial charge in [-0.2, -0.15) is 10.5 Å². The number of amides is 2. The number of carbonyl (C=O) groups is 1. The molecule has 0 aliphatic carbocycles. The molecular formula is C10H12BrClN4O. The third-order valence-electron chi connectivity index (χ3n) is 2.30. The lowest BCUT2D eigenvalue weighted by molar-refractivity contribution is 0.214. The summed E-state index contributed by atoms with van der Waals surface area (Å²) >= 11 is 9.38. The van der Waals surface area contributed by atoms with E-state index in [0.29, 0.717) is 16.0 Å². The number of anilines is 1. The Morgan fingerprint density at radius 1 is 1.53 bits per heavy atom. The second kappa shape index (κ2) is 5.97. The number of urea groups is 1. The molecule has 1 aromatic carbocycles. The highest BCUT2D eigenvalue weighted by molar-refractivity contribution is 9.08. The van der Waals surface area contributed by atoms with Crippen molar-refractivity contribution in [1.29, 1.82) is 5.53 Å². The van der Waals surface area contributed by atoms with Crippen molar-refractivity contribution in [3.05, 3.63) is 28.8 Å². The van der Waals surface area contributed by atoms with Gasteiger partial charge < -0.3 is 0 Å². The highest BCUT2D eigenvalue weighted by Gasteiger charge is 2.18. The van der Waals surface area contributed by atoms with E-state index in [9.17, 15) is 4.79 Å². The number of carbonyl (C=O) groups excluding carboxylic acids is 1. The highest BCUT2D eigenvalue weighted by Crippen LogP contribution is 2.29. The largest absolute Gasteiger partial charge is 0.345 e. The first kappa shape index (κ1) is 13.9. The number of rotatable bonds is 3. The van der Waals surface area contributed by atoms with E-state index in [1.165, 1.54) is 11.9 Å². The Balaban J connectivity index is 3.12. The molecule has 1 aromatic rings. The van der Waals surface area contributed by atoms with E-state index in [1.807, 2.05) is 0 Å².